The number of thioether (sulfide) groups is 1. The molecule has 1 amide bonds. The minimum Gasteiger partial charge on any atom is -0.496 e. The number of nitrogen functional groups attached to an aromatic ring is 2. The summed E-state index contributed by atoms with van der Waals surface area (Å²) in [5.74, 6) is 11.9. The van der Waals surface area contributed by atoms with Crippen molar-refractivity contribution in [3.05, 3.63) is 29.8 Å². The zero-order valence-electron chi connectivity index (χ0n) is 11.9. The van der Waals surface area contributed by atoms with Crippen molar-refractivity contribution >= 4 is 23.6 Å². The summed E-state index contributed by atoms with van der Waals surface area (Å²) in [5, 5.41) is 10.7. The van der Waals surface area contributed by atoms with Crippen LogP contribution in [0.4, 0.5) is 5.95 Å². The Morgan fingerprint density at radius 2 is 2.18 bits per heavy atom. The van der Waals surface area contributed by atoms with Crippen molar-refractivity contribution < 1.29 is 9.53 Å². The highest BCUT2D eigenvalue weighted by Gasteiger charge is 2.11. The summed E-state index contributed by atoms with van der Waals surface area (Å²) >= 11 is 1.16. The van der Waals surface area contributed by atoms with E-state index in [4.69, 9.17) is 16.4 Å². The summed E-state index contributed by atoms with van der Waals surface area (Å²) in [5.41, 5.74) is 3.20. The van der Waals surface area contributed by atoms with Gasteiger partial charge in [-0.25, -0.2) is 10.5 Å². The molecule has 0 aliphatic rings. The van der Waals surface area contributed by atoms with Crippen molar-refractivity contribution in [3.8, 4) is 5.75 Å². The zero-order chi connectivity index (χ0) is 15.9. The number of benzene rings is 1. The number of rotatable bonds is 7. The van der Waals surface area contributed by atoms with E-state index in [1.54, 1.807) is 7.11 Å². The first-order valence-electron chi connectivity index (χ1n) is 6.34. The Morgan fingerprint density at radius 3 is 2.86 bits per heavy atom. The number of aromatic nitrogens is 3. The van der Waals surface area contributed by atoms with Crippen molar-refractivity contribution in [2.24, 2.45) is 5.84 Å². The molecule has 0 aliphatic heterocycles. The van der Waals surface area contributed by atoms with E-state index in [9.17, 15) is 4.79 Å². The molecule has 0 atom stereocenters. The van der Waals surface area contributed by atoms with Crippen LogP contribution in [0.1, 0.15) is 5.56 Å². The molecule has 9 nitrogen and oxygen atoms in total. The van der Waals surface area contributed by atoms with E-state index < -0.39 is 0 Å². The molecule has 2 rings (SSSR count). The minimum absolute atomic E-state index is 0.152. The van der Waals surface area contributed by atoms with Crippen LogP contribution in [0.15, 0.2) is 29.4 Å². The monoisotopic (exact) mass is 323 g/mol. The molecule has 2 aromatic rings. The Labute approximate surface area is 131 Å². The fourth-order valence-electron chi connectivity index (χ4n) is 1.70. The molecule has 0 spiro atoms. The van der Waals surface area contributed by atoms with Crippen LogP contribution in [0.3, 0.4) is 0 Å². The first kappa shape index (κ1) is 15.9. The molecule has 0 saturated carbocycles. The van der Waals surface area contributed by atoms with Gasteiger partial charge in [0.2, 0.25) is 11.1 Å². The number of anilines is 1. The molecule has 1 aromatic carbocycles. The molecule has 22 heavy (non-hydrogen) atoms. The van der Waals surface area contributed by atoms with Crippen molar-refractivity contribution in [1.29, 1.82) is 0 Å². The van der Waals surface area contributed by atoms with Gasteiger partial charge in [0.25, 0.3) is 5.95 Å². The van der Waals surface area contributed by atoms with E-state index in [-0.39, 0.29) is 17.6 Å². The summed E-state index contributed by atoms with van der Waals surface area (Å²) in [7, 11) is 1.59. The van der Waals surface area contributed by atoms with Gasteiger partial charge in [-0.15, -0.1) is 10.2 Å². The lowest BCUT2D eigenvalue weighted by atomic mass is 10.2. The Hall–Kier alpha value is -2.46. The Kier molecular flexibility index (Phi) is 5.44. The van der Waals surface area contributed by atoms with Gasteiger partial charge in [-0.05, 0) is 6.07 Å². The van der Waals surface area contributed by atoms with E-state index in [1.165, 1.54) is 4.68 Å². The number of para-hydroxylation sites is 1. The summed E-state index contributed by atoms with van der Waals surface area (Å²) in [6, 6.07) is 7.49. The fraction of sp³-hybridized carbons (Fsp3) is 0.250. The number of nitrogens with two attached hydrogens (primary N) is 2. The summed E-state index contributed by atoms with van der Waals surface area (Å²) in [4.78, 5) is 11.9. The van der Waals surface area contributed by atoms with Gasteiger partial charge in [-0.3, -0.25) is 10.2 Å². The Balaban J connectivity index is 1.84. The highest BCUT2D eigenvalue weighted by Crippen LogP contribution is 2.18. The first-order chi connectivity index (χ1) is 10.7. The number of nitrogens with zero attached hydrogens (tertiary/aromatic N) is 3. The average molecular weight is 323 g/mol. The smallest absolute Gasteiger partial charge is 0.258 e. The lowest BCUT2D eigenvalue weighted by Crippen LogP contribution is -2.25. The van der Waals surface area contributed by atoms with Crippen LogP contribution in [0.5, 0.6) is 5.75 Å². The third kappa shape index (κ3) is 3.80. The third-order valence-corrected chi connectivity index (χ3v) is 3.74. The van der Waals surface area contributed by atoms with Gasteiger partial charge in [-0.2, -0.15) is 0 Å². The van der Waals surface area contributed by atoms with Crippen molar-refractivity contribution in [3.63, 3.8) is 0 Å². The normalized spacial score (nSPS) is 10.3. The number of nitrogens with one attached hydrogen (secondary N) is 2. The average Bonchev–Trinajstić information content (AvgIpc) is 2.91. The molecule has 6 N–H and O–H groups in total. The van der Waals surface area contributed by atoms with Crippen molar-refractivity contribution in [1.82, 2.24) is 20.2 Å². The zero-order valence-corrected chi connectivity index (χ0v) is 12.8. The molecule has 0 aliphatic carbocycles. The molecule has 0 fully saturated rings. The SMILES string of the molecule is COc1ccccc1CNC(=O)CSc1nnc(NN)n1N. The Bertz CT molecular complexity index is 646. The second kappa shape index (κ2) is 7.52. The van der Waals surface area contributed by atoms with Crippen LogP contribution in [0, 0.1) is 0 Å². The van der Waals surface area contributed by atoms with Crippen LogP contribution in [0.2, 0.25) is 0 Å². The standard InChI is InChI=1S/C12H17N7O2S/c1-21-9-5-3-2-4-8(9)6-15-10(20)7-22-12-18-17-11(16-13)19(12)14/h2-5H,6-7,13-14H2,1H3,(H,15,20)(H,16,17). The van der Waals surface area contributed by atoms with E-state index in [2.05, 4.69) is 20.9 Å². The molecule has 1 heterocycles. The van der Waals surface area contributed by atoms with E-state index in [1.807, 2.05) is 24.3 Å². The van der Waals surface area contributed by atoms with Gasteiger partial charge < -0.3 is 15.9 Å². The van der Waals surface area contributed by atoms with E-state index in [0.29, 0.717) is 11.7 Å². The number of amides is 1. The molecule has 0 unspecified atom stereocenters. The number of hydrazine groups is 1. The number of ether oxygens (including phenoxy) is 1. The van der Waals surface area contributed by atoms with Crippen LogP contribution >= 0.6 is 11.8 Å². The highest BCUT2D eigenvalue weighted by atomic mass is 32.2. The quantitative estimate of drug-likeness (QED) is 0.310. The number of carbonyl (C=O) groups is 1. The summed E-state index contributed by atoms with van der Waals surface area (Å²) < 4.78 is 6.40. The van der Waals surface area contributed by atoms with Gasteiger partial charge in [-0.1, -0.05) is 30.0 Å². The predicted molar refractivity (Wildman–Crippen MR) is 83.5 cm³/mol. The second-order valence-corrected chi connectivity index (χ2v) is 5.14. The number of methoxy groups -OCH3 is 1. The molecule has 10 heteroatoms. The fourth-order valence-corrected chi connectivity index (χ4v) is 2.38. The van der Waals surface area contributed by atoms with Gasteiger partial charge >= 0.3 is 0 Å². The van der Waals surface area contributed by atoms with E-state index >= 15 is 0 Å². The molecule has 0 saturated heterocycles. The number of carbonyl (C=O) groups excluding carboxylic acids is 1. The van der Waals surface area contributed by atoms with Gasteiger partial charge in [0.1, 0.15) is 5.75 Å². The topological polar surface area (TPSA) is 133 Å². The van der Waals surface area contributed by atoms with Crippen molar-refractivity contribution in [2.45, 2.75) is 11.7 Å². The molecule has 118 valence electrons. The Morgan fingerprint density at radius 1 is 1.41 bits per heavy atom. The molecular weight excluding hydrogens is 306 g/mol. The molecule has 1 aromatic heterocycles. The maximum atomic E-state index is 11.9. The third-order valence-electron chi connectivity index (χ3n) is 2.79. The molecule has 0 bridgehead atoms. The van der Waals surface area contributed by atoms with Gasteiger partial charge in [0.05, 0.1) is 12.9 Å². The summed E-state index contributed by atoms with van der Waals surface area (Å²) in [6.07, 6.45) is 0. The molecular formula is C12H17N7O2S. The van der Waals surface area contributed by atoms with Gasteiger partial charge in [0, 0.05) is 12.1 Å². The van der Waals surface area contributed by atoms with Crippen LogP contribution < -0.4 is 27.2 Å². The number of hydrogen-bond acceptors (Lipinski definition) is 8. The maximum Gasteiger partial charge on any atom is 0.258 e. The van der Waals surface area contributed by atoms with Crippen molar-refractivity contribution in [2.75, 3.05) is 24.1 Å². The summed E-state index contributed by atoms with van der Waals surface area (Å²) in [6.45, 7) is 0.383. The number of hydrogen-bond donors (Lipinski definition) is 4. The predicted octanol–water partition coefficient (Wildman–Crippen LogP) is -0.305. The lowest BCUT2D eigenvalue weighted by Gasteiger charge is -2.09. The first-order valence-corrected chi connectivity index (χ1v) is 7.32. The lowest BCUT2D eigenvalue weighted by molar-refractivity contribution is -0.118. The van der Waals surface area contributed by atoms with E-state index in [0.717, 1.165) is 23.1 Å². The van der Waals surface area contributed by atoms with Crippen LogP contribution in [-0.4, -0.2) is 33.6 Å². The molecule has 0 radical (unpaired) electrons. The highest BCUT2D eigenvalue weighted by molar-refractivity contribution is 7.99. The van der Waals surface area contributed by atoms with Crippen LogP contribution in [0.25, 0.3) is 0 Å². The van der Waals surface area contributed by atoms with Crippen LogP contribution in [-0.2, 0) is 11.3 Å². The largest absolute Gasteiger partial charge is 0.496 e. The minimum atomic E-state index is -0.152. The maximum absolute atomic E-state index is 11.9. The second-order valence-electron chi connectivity index (χ2n) is 4.20. The van der Waals surface area contributed by atoms with Gasteiger partial charge in [0.15, 0.2) is 0 Å².